The van der Waals surface area contributed by atoms with Gasteiger partial charge in [0.1, 0.15) is 23.4 Å². The molecule has 0 aliphatic rings. The number of hydrogen-bond acceptors (Lipinski definition) is 5. The number of furan rings is 1. The zero-order chi connectivity index (χ0) is 21.3. The molecule has 4 aromatic rings. The Morgan fingerprint density at radius 1 is 1.23 bits per heavy atom. The van der Waals surface area contributed by atoms with Gasteiger partial charge in [-0.3, -0.25) is 0 Å². The number of aryl methyl sites for hydroxylation is 1. The van der Waals surface area contributed by atoms with Gasteiger partial charge in [-0.05, 0) is 55.0 Å². The Kier molecular flexibility index (Phi) is 5.25. The van der Waals surface area contributed by atoms with E-state index in [-0.39, 0.29) is 0 Å². The van der Waals surface area contributed by atoms with Crippen LogP contribution < -0.4 is 0 Å². The number of nitriles is 1. The fraction of sp³-hybridized carbons (Fsp3) is 0.0870. The topological polar surface area (TPSA) is 91.9 Å². The first-order valence-electron chi connectivity index (χ1n) is 9.05. The summed E-state index contributed by atoms with van der Waals surface area (Å²) in [4.78, 5) is 19.8. The lowest BCUT2D eigenvalue weighted by molar-refractivity contribution is 0.0601. The number of aromatic amines is 1. The number of nitrogens with zero attached hydrogens (tertiary/aromatic N) is 2. The van der Waals surface area contributed by atoms with E-state index in [1.54, 1.807) is 30.3 Å². The highest BCUT2D eigenvalue weighted by Gasteiger charge is 2.17. The van der Waals surface area contributed by atoms with E-state index in [2.05, 4.69) is 32.0 Å². The molecule has 6 nitrogen and oxygen atoms in total. The molecule has 0 saturated heterocycles. The smallest absolute Gasteiger partial charge is 0.338 e. The summed E-state index contributed by atoms with van der Waals surface area (Å²) in [7, 11) is 1.33. The third-order valence-electron chi connectivity index (χ3n) is 4.58. The standard InChI is InChI=1S/C23H16BrN3O3/c1-13-3-7-19-20(9-13)27-22(26-19)14(12-25)10-16-5-8-21(30-16)17-6-4-15(24)11-18(17)23(28)29-2/h3-11H,1-2H3,(H,26,27)/b14-10+. The van der Waals surface area contributed by atoms with Crippen molar-refractivity contribution in [2.45, 2.75) is 6.92 Å². The van der Waals surface area contributed by atoms with Crippen LogP contribution in [0.4, 0.5) is 0 Å². The second-order valence-corrected chi connectivity index (χ2v) is 7.58. The monoisotopic (exact) mass is 461 g/mol. The van der Waals surface area contributed by atoms with Gasteiger partial charge in [-0.2, -0.15) is 5.26 Å². The Balaban J connectivity index is 1.72. The lowest BCUT2D eigenvalue weighted by atomic mass is 10.1. The number of methoxy groups -OCH3 is 1. The van der Waals surface area contributed by atoms with E-state index in [1.807, 2.05) is 31.2 Å². The highest BCUT2D eigenvalue weighted by Crippen LogP contribution is 2.30. The average Bonchev–Trinajstić information content (AvgIpc) is 3.37. The predicted molar refractivity (Wildman–Crippen MR) is 117 cm³/mol. The van der Waals surface area contributed by atoms with E-state index in [9.17, 15) is 10.1 Å². The molecular weight excluding hydrogens is 446 g/mol. The number of esters is 1. The van der Waals surface area contributed by atoms with Crippen LogP contribution in [0.15, 0.2) is 57.4 Å². The molecule has 0 fully saturated rings. The van der Waals surface area contributed by atoms with Crippen LogP contribution in [0.2, 0.25) is 0 Å². The molecule has 0 aliphatic heterocycles. The predicted octanol–water partition coefficient (Wildman–Crippen LogP) is 5.74. The summed E-state index contributed by atoms with van der Waals surface area (Å²) in [6, 6.07) is 16.8. The Morgan fingerprint density at radius 3 is 2.83 bits per heavy atom. The Morgan fingerprint density at radius 2 is 2.07 bits per heavy atom. The van der Waals surface area contributed by atoms with E-state index in [0.29, 0.717) is 34.0 Å². The molecule has 30 heavy (non-hydrogen) atoms. The molecule has 0 bridgehead atoms. The summed E-state index contributed by atoms with van der Waals surface area (Å²) in [5, 5.41) is 9.64. The highest BCUT2D eigenvalue weighted by atomic mass is 79.9. The molecule has 0 atom stereocenters. The first kappa shape index (κ1) is 19.7. The van der Waals surface area contributed by atoms with Gasteiger partial charge in [-0.1, -0.05) is 22.0 Å². The largest absolute Gasteiger partial charge is 0.465 e. The van der Waals surface area contributed by atoms with Crippen LogP contribution in [0.25, 0.3) is 34.0 Å². The molecular formula is C23H16BrN3O3. The van der Waals surface area contributed by atoms with E-state index < -0.39 is 5.97 Å². The average molecular weight is 462 g/mol. The molecule has 2 aromatic heterocycles. The van der Waals surface area contributed by atoms with Gasteiger partial charge in [0.2, 0.25) is 0 Å². The highest BCUT2D eigenvalue weighted by molar-refractivity contribution is 9.10. The maximum Gasteiger partial charge on any atom is 0.338 e. The third kappa shape index (κ3) is 3.78. The molecule has 0 unspecified atom stereocenters. The van der Waals surface area contributed by atoms with Crippen LogP contribution in [0, 0.1) is 18.3 Å². The quantitative estimate of drug-likeness (QED) is 0.308. The number of aromatic nitrogens is 2. The van der Waals surface area contributed by atoms with Gasteiger partial charge in [0.15, 0.2) is 0 Å². The number of carbonyl (C=O) groups excluding carboxylic acids is 1. The number of hydrogen-bond donors (Lipinski definition) is 1. The summed E-state index contributed by atoms with van der Waals surface area (Å²) in [5.74, 6) is 0.966. The summed E-state index contributed by atoms with van der Waals surface area (Å²) in [6.45, 7) is 2.00. The van der Waals surface area contributed by atoms with Crippen LogP contribution in [0.1, 0.15) is 27.5 Å². The number of fused-ring (bicyclic) bond motifs is 1. The summed E-state index contributed by atoms with van der Waals surface area (Å²) >= 11 is 3.36. The van der Waals surface area contributed by atoms with Crippen molar-refractivity contribution in [1.29, 1.82) is 5.26 Å². The zero-order valence-electron chi connectivity index (χ0n) is 16.2. The third-order valence-corrected chi connectivity index (χ3v) is 5.07. The van der Waals surface area contributed by atoms with Gasteiger partial charge in [-0.15, -0.1) is 0 Å². The number of nitrogens with one attached hydrogen (secondary N) is 1. The van der Waals surface area contributed by atoms with Crippen LogP contribution in [-0.2, 0) is 4.74 Å². The fourth-order valence-electron chi connectivity index (χ4n) is 3.13. The zero-order valence-corrected chi connectivity index (χ0v) is 17.8. The molecule has 7 heteroatoms. The summed E-state index contributed by atoms with van der Waals surface area (Å²) in [6.07, 6.45) is 1.62. The summed E-state index contributed by atoms with van der Waals surface area (Å²) < 4.78 is 11.5. The number of allylic oxidation sites excluding steroid dienone is 1. The first-order chi connectivity index (χ1) is 14.5. The van der Waals surface area contributed by atoms with Crippen molar-refractivity contribution in [2.75, 3.05) is 7.11 Å². The normalized spacial score (nSPS) is 11.5. The van der Waals surface area contributed by atoms with Crippen LogP contribution in [0.3, 0.4) is 0 Å². The minimum absolute atomic E-state index is 0.341. The fourth-order valence-corrected chi connectivity index (χ4v) is 3.49. The number of halogens is 1. The van der Waals surface area contributed by atoms with Crippen molar-refractivity contribution >= 4 is 44.6 Å². The number of carbonyl (C=O) groups is 1. The molecule has 2 aromatic carbocycles. The first-order valence-corrected chi connectivity index (χ1v) is 9.84. The number of H-pyrrole nitrogens is 1. The van der Waals surface area contributed by atoms with Gasteiger partial charge in [-0.25, -0.2) is 9.78 Å². The molecule has 0 aliphatic carbocycles. The number of imidazole rings is 1. The van der Waals surface area contributed by atoms with Crippen molar-refractivity contribution in [1.82, 2.24) is 9.97 Å². The van der Waals surface area contributed by atoms with Crippen molar-refractivity contribution in [3.8, 4) is 17.4 Å². The van der Waals surface area contributed by atoms with Gasteiger partial charge in [0.25, 0.3) is 0 Å². The summed E-state index contributed by atoms with van der Waals surface area (Å²) in [5.41, 5.74) is 4.08. The van der Waals surface area contributed by atoms with Gasteiger partial charge < -0.3 is 14.1 Å². The number of benzene rings is 2. The molecule has 0 radical (unpaired) electrons. The van der Waals surface area contributed by atoms with Gasteiger partial charge in [0.05, 0.1) is 29.3 Å². The lowest BCUT2D eigenvalue weighted by Crippen LogP contribution is -2.03. The molecule has 148 valence electrons. The molecule has 2 heterocycles. The molecule has 1 N–H and O–H groups in total. The number of ether oxygens (including phenoxy) is 1. The SMILES string of the molecule is COC(=O)c1cc(Br)ccc1-c1ccc(/C=C(\C#N)c2nc3ccc(C)cc3[nH]2)o1. The van der Waals surface area contributed by atoms with Crippen molar-refractivity contribution in [2.24, 2.45) is 0 Å². The van der Waals surface area contributed by atoms with Gasteiger partial charge >= 0.3 is 5.97 Å². The van der Waals surface area contributed by atoms with E-state index in [1.165, 1.54) is 7.11 Å². The van der Waals surface area contributed by atoms with E-state index in [0.717, 1.165) is 21.1 Å². The van der Waals surface area contributed by atoms with Crippen LogP contribution in [0.5, 0.6) is 0 Å². The van der Waals surface area contributed by atoms with Crippen molar-refractivity contribution in [3.05, 3.63) is 75.7 Å². The molecule has 0 amide bonds. The minimum atomic E-state index is -0.463. The Labute approximate surface area is 180 Å². The van der Waals surface area contributed by atoms with Crippen LogP contribution in [-0.4, -0.2) is 23.0 Å². The Hall–Kier alpha value is -3.63. The second kappa shape index (κ2) is 8.01. The maximum absolute atomic E-state index is 12.1. The molecule has 4 rings (SSSR count). The van der Waals surface area contributed by atoms with Crippen molar-refractivity contribution < 1.29 is 13.9 Å². The van der Waals surface area contributed by atoms with Gasteiger partial charge in [0, 0.05) is 16.1 Å². The number of rotatable bonds is 4. The minimum Gasteiger partial charge on any atom is -0.465 e. The van der Waals surface area contributed by atoms with E-state index >= 15 is 0 Å². The molecule has 0 spiro atoms. The lowest BCUT2D eigenvalue weighted by Gasteiger charge is -2.06. The maximum atomic E-state index is 12.1. The van der Waals surface area contributed by atoms with Crippen molar-refractivity contribution in [3.63, 3.8) is 0 Å². The second-order valence-electron chi connectivity index (χ2n) is 6.66. The van der Waals surface area contributed by atoms with Crippen LogP contribution >= 0.6 is 15.9 Å². The molecule has 0 saturated carbocycles. The van der Waals surface area contributed by atoms with E-state index in [4.69, 9.17) is 9.15 Å². The Bertz CT molecular complexity index is 1340.